The van der Waals surface area contributed by atoms with Gasteiger partial charge in [-0.2, -0.15) is 0 Å². The van der Waals surface area contributed by atoms with Gasteiger partial charge in [-0.3, -0.25) is 0 Å². The molecular formula is C10H12FNO. The molecule has 0 spiro atoms. The molecular weight excluding hydrogens is 169 g/mol. The Balaban J connectivity index is 2.01. The van der Waals surface area contributed by atoms with Crippen molar-refractivity contribution in [3.8, 4) is 0 Å². The molecule has 1 aromatic carbocycles. The molecule has 3 heteroatoms. The standard InChI is InChI=1S/C10H12FNO/c11-10-5-8(12)2-1-7(10)6-13-9-3-4-9/h1-2,5,9H,3-4,6,12H2. The van der Waals surface area contributed by atoms with Crippen LogP contribution >= 0.6 is 0 Å². The summed E-state index contributed by atoms with van der Waals surface area (Å²) in [6.07, 6.45) is 2.57. The number of ether oxygens (including phenoxy) is 1. The van der Waals surface area contributed by atoms with Crippen LogP contribution in [0.1, 0.15) is 18.4 Å². The van der Waals surface area contributed by atoms with E-state index in [0.29, 0.717) is 24.0 Å². The summed E-state index contributed by atoms with van der Waals surface area (Å²) in [5.74, 6) is -0.277. The van der Waals surface area contributed by atoms with Gasteiger partial charge in [-0.25, -0.2) is 4.39 Å². The van der Waals surface area contributed by atoms with Crippen molar-refractivity contribution >= 4 is 5.69 Å². The Bertz CT molecular complexity index is 310. The molecule has 1 saturated carbocycles. The quantitative estimate of drug-likeness (QED) is 0.724. The molecule has 0 heterocycles. The predicted molar refractivity (Wildman–Crippen MR) is 48.6 cm³/mol. The van der Waals surface area contributed by atoms with Crippen LogP contribution in [0.5, 0.6) is 0 Å². The molecule has 1 aliphatic rings. The van der Waals surface area contributed by atoms with Crippen molar-refractivity contribution in [3.63, 3.8) is 0 Å². The molecule has 0 aliphatic heterocycles. The summed E-state index contributed by atoms with van der Waals surface area (Å²) in [5.41, 5.74) is 6.45. The van der Waals surface area contributed by atoms with E-state index < -0.39 is 0 Å². The van der Waals surface area contributed by atoms with Crippen molar-refractivity contribution in [2.75, 3.05) is 5.73 Å². The van der Waals surface area contributed by atoms with Crippen LogP contribution in [0.3, 0.4) is 0 Å². The Morgan fingerprint density at radius 1 is 1.46 bits per heavy atom. The van der Waals surface area contributed by atoms with E-state index in [4.69, 9.17) is 10.5 Å². The Kier molecular flexibility index (Phi) is 2.19. The van der Waals surface area contributed by atoms with E-state index in [2.05, 4.69) is 0 Å². The lowest BCUT2D eigenvalue weighted by Crippen LogP contribution is -1.98. The van der Waals surface area contributed by atoms with Gasteiger partial charge in [0.15, 0.2) is 0 Å². The lowest BCUT2D eigenvalue weighted by molar-refractivity contribution is 0.104. The van der Waals surface area contributed by atoms with Gasteiger partial charge in [-0.15, -0.1) is 0 Å². The molecule has 0 saturated heterocycles. The summed E-state index contributed by atoms with van der Waals surface area (Å²) in [6, 6.07) is 4.69. The number of halogens is 1. The average Bonchev–Trinajstić information content (AvgIpc) is 2.86. The highest BCUT2D eigenvalue weighted by Crippen LogP contribution is 2.25. The third kappa shape index (κ3) is 2.18. The third-order valence-corrected chi connectivity index (χ3v) is 2.08. The van der Waals surface area contributed by atoms with E-state index in [1.807, 2.05) is 0 Å². The van der Waals surface area contributed by atoms with Gasteiger partial charge in [-0.1, -0.05) is 6.07 Å². The Hall–Kier alpha value is -1.09. The monoisotopic (exact) mass is 181 g/mol. The molecule has 0 atom stereocenters. The first-order valence-corrected chi connectivity index (χ1v) is 4.41. The van der Waals surface area contributed by atoms with Gasteiger partial charge in [-0.05, 0) is 25.0 Å². The second kappa shape index (κ2) is 3.34. The van der Waals surface area contributed by atoms with Crippen molar-refractivity contribution in [3.05, 3.63) is 29.6 Å². The number of nitrogen functional groups attached to an aromatic ring is 1. The Morgan fingerprint density at radius 2 is 2.23 bits per heavy atom. The maximum absolute atomic E-state index is 13.2. The maximum atomic E-state index is 13.2. The van der Waals surface area contributed by atoms with Gasteiger partial charge in [0.25, 0.3) is 0 Å². The number of benzene rings is 1. The third-order valence-electron chi connectivity index (χ3n) is 2.08. The first kappa shape index (κ1) is 8.51. The molecule has 0 amide bonds. The zero-order valence-electron chi connectivity index (χ0n) is 7.29. The lowest BCUT2D eigenvalue weighted by atomic mass is 10.2. The average molecular weight is 181 g/mol. The fourth-order valence-corrected chi connectivity index (χ4v) is 1.12. The van der Waals surface area contributed by atoms with Crippen molar-refractivity contribution in [2.24, 2.45) is 0 Å². The van der Waals surface area contributed by atoms with Crippen LogP contribution in [0.4, 0.5) is 10.1 Å². The Labute approximate surface area is 76.5 Å². The van der Waals surface area contributed by atoms with E-state index in [0.717, 1.165) is 12.8 Å². The second-order valence-electron chi connectivity index (χ2n) is 3.36. The van der Waals surface area contributed by atoms with Gasteiger partial charge < -0.3 is 10.5 Å². The topological polar surface area (TPSA) is 35.2 Å². The van der Waals surface area contributed by atoms with Crippen molar-refractivity contribution in [1.29, 1.82) is 0 Å². The lowest BCUT2D eigenvalue weighted by Gasteiger charge is -2.04. The highest BCUT2D eigenvalue weighted by molar-refractivity contribution is 5.40. The molecule has 2 rings (SSSR count). The van der Waals surface area contributed by atoms with E-state index in [-0.39, 0.29) is 5.82 Å². The molecule has 2 nitrogen and oxygen atoms in total. The molecule has 13 heavy (non-hydrogen) atoms. The molecule has 0 radical (unpaired) electrons. The smallest absolute Gasteiger partial charge is 0.130 e. The highest BCUT2D eigenvalue weighted by Gasteiger charge is 2.22. The van der Waals surface area contributed by atoms with Crippen LogP contribution in [0.2, 0.25) is 0 Å². The summed E-state index contributed by atoms with van der Waals surface area (Å²) < 4.78 is 18.5. The fourth-order valence-electron chi connectivity index (χ4n) is 1.12. The summed E-state index contributed by atoms with van der Waals surface area (Å²) in [6.45, 7) is 0.358. The number of hydrogen-bond donors (Lipinski definition) is 1. The SMILES string of the molecule is Nc1ccc(COC2CC2)c(F)c1. The number of nitrogens with two attached hydrogens (primary N) is 1. The summed E-state index contributed by atoms with van der Waals surface area (Å²) in [4.78, 5) is 0. The first-order chi connectivity index (χ1) is 6.25. The predicted octanol–water partition coefficient (Wildman–Crippen LogP) is 2.09. The molecule has 70 valence electrons. The van der Waals surface area contributed by atoms with Crippen LogP contribution in [0, 0.1) is 5.82 Å². The van der Waals surface area contributed by atoms with Crippen LogP contribution in [0.25, 0.3) is 0 Å². The molecule has 2 N–H and O–H groups in total. The van der Waals surface area contributed by atoms with E-state index in [1.165, 1.54) is 6.07 Å². The highest BCUT2D eigenvalue weighted by atomic mass is 19.1. The summed E-state index contributed by atoms with van der Waals surface area (Å²) in [5, 5.41) is 0. The zero-order valence-corrected chi connectivity index (χ0v) is 7.29. The van der Waals surface area contributed by atoms with Crippen LogP contribution in [0.15, 0.2) is 18.2 Å². The van der Waals surface area contributed by atoms with Crippen molar-refractivity contribution < 1.29 is 9.13 Å². The fraction of sp³-hybridized carbons (Fsp3) is 0.400. The van der Waals surface area contributed by atoms with E-state index in [9.17, 15) is 4.39 Å². The Morgan fingerprint density at radius 3 is 2.85 bits per heavy atom. The summed E-state index contributed by atoms with van der Waals surface area (Å²) >= 11 is 0. The summed E-state index contributed by atoms with van der Waals surface area (Å²) in [7, 11) is 0. The molecule has 1 fully saturated rings. The van der Waals surface area contributed by atoms with E-state index in [1.54, 1.807) is 12.1 Å². The normalized spacial score (nSPS) is 16.1. The minimum Gasteiger partial charge on any atom is -0.399 e. The molecule has 1 aliphatic carbocycles. The minimum absolute atomic E-state index is 0.277. The van der Waals surface area contributed by atoms with Gasteiger partial charge in [0.1, 0.15) is 5.82 Å². The number of rotatable bonds is 3. The molecule has 0 bridgehead atoms. The second-order valence-corrected chi connectivity index (χ2v) is 3.36. The van der Waals surface area contributed by atoms with Crippen molar-refractivity contribution in [1.82, 2.24) is 0 Å². The van der Waals surface area contributed by atoms with Crippen LogP contribution in [-0.2, 0) is 11.3 Å². The van der Waals surface area contributed by atoms with Crippen LogP contribution in [-0.4, -0.2) is 6.10 Å². The molecule has 1 aromatic rings. The first-order valence-electron chi connectivity index (χ1n) is 4.41. The van der Waals surface area contributed by atoms with Gasteiger partial charge in [0.05, 0.1) is 12.7 Å². The van der Waals surface area contributed by atoms with Gasteiger partial charge >= 0.3 is 0 Å². The van der Waals surface area contributed by atoms with Gasteiger partial charge in [0.2, 0.25) is 0 Å². The zero-order chi connectivity index (χ0) is 9.26. The van der Waals surface area contributed by atoms with Crippen LogP contribution < -0.4 is 5.73 Å². The van der Waals surface area contributed by atoms with Crippen molar-refractivity contribution in [2.45, 2.75) is 25.6 Å². The number of anilines is 1. The molecule has 0 unspecified atom stereocenters. The van der Waals surface area contributed by atoms with E-state index >= 15 is 0 Å². The largest absolute Gasteiger partial charge is 0.399 e. The number of hydrogen-bond acceptors (Lipinski definition) is 2. The van der Waals surface area contributed by atoms with Gasteiger partial charge in [0, 0.05) is 11.3 Å². The minimum atomic E-state index is -0.277. The molecule has 0 aromatic heterocycles. The maximum Gasteiger partial charge on any atom is 0.130 e.